The Hall–Kier alpha value is -2.45. The van der Waals surface area contributed by atoms with Crippen LogP contribution in [0.4, 0.5) is 4.79 Å². The molecule has 0 radical (unpaired) electrons. The van der Waals surface area contributed by atoms with Crippen LogP contribution in [-0.2, 0) is 23.9 Å². The molecule has 9 nitrogen and oxygen atoms in total. The van der Waals surface area contributed by atoms with E-state index in [-0.39, 0.29) is 41.5 Å². The number of carbonyl (C=O) groups excluding carboxylic acids is 4. The molecule has 2 rings (SSSR count). The van der Waals surface area contributed by atoms with Gasteiger partial charge < -0.3 is 15.2 Å². The van der Waals surface area contributed by atoms with Gasteiger partial charge in [0.1, 0.15) is 29.7 Å². The summed E-state index contributed by atoms with van der Waals surface area (Å²) in [4.78, 5) is 51.3. The van der Waals surface area contributed by atoms with Crippen LogP contribution < -0.4 is 11.2 Å². The normalized spacial score (nSPS) is 29.8. The van der Waals surface area contributed by atoms with Crippen LogP contribution in [0.15, 0.2) is 5.10 Å². The monoisotopic (exact) mass is 563 g/mol. The lowest BCUT2D eigenvalue weighted by atomic mass is 9.74. The highest BCUT2D eigenvalue weighted by Gasteiger charge is 2.44. The van der Waals surface area contributed by atoms with E-state index < -0.39 is 29.8 Å². The lowest BCUT2D eigenvalue weighted by Crippen LogP contribution is -2.46. The fraction of sp³-hybridized carbons (Fsp3) is 0.839. The lowest BCUT2D eigenvalue weighted by molar-refractivity contribution is -0.165. The van der Waals surface area contributed by atoms with Crippen molar-refractivity contribution >= 4 is 29.5 Å². The highest BCUT2D eigenvalue weighted by atomic mass is 16.5. The van der Waals surface area contributed by atoms with E-state index in [1.54, 1.807) is 6.92 Å². The van der Waals surface area contributed by atoms with Crippen molar-refractivity contribution in [1.82, 2.24) is 5.43 Å². The minimum atomic E-state index is -1.19. The van der Waals surface area contributed by atoms with Crippen molar-refractivity contribution in [2.45, 2.75) is 113 Å². The number of ketones is 2. The van der Waals surface area contributed by atoms with Crippen molar-refractivity contribution in [1.29, 1.82) is 0 Å². The number of nitrogens with zero attached hydrogens (tertiary/aromatic N) is 1. The first-order chi connectivity index (χ1) is 18.6. The molecule has 2 aliphatic carbocycles. The maximum Gasteiger partial charge on any atom is 0.332 e. The van der Waals surface area contributed by atoms with E-state index in [1.807, 2.05) is 0 Å². The van der Waals surface area contributed by atoms with Crippen molar-refractivity contribution in [3.63, 3.8) is 0 Å². The summed E-state index contributed by atoms with van der Waals surface area (Å²) in [6, 6.07) is -0.901. The molecule has 9 atom stereocenters. The number of hydrazone groups is 1. The van der Waals surface area contributed by atoms with Gasteiger partial charge in [0.15, 0.2) is 0 Å². The first-order valence-corrected chi connectivity index (χ1v) is 15.1. The minimum Gasteiger partial charge on any atom is -0.476 e. The van der Waals surface area contributed by atoms with Crippen LogP contribution >= 0.6 is 0 Å². The van der Waals surface area contributed by atoms with Crippen molar-refractivity contribution < 1.29 is 28.7 Å². The number of Topliss-reactive ketones (excluding diaryl/α,β-unsaturated/α-hetero) is 2. The Bertz CT molecular complexity index is 932. The van der Waals surface area contributed by atoms with Crippen LogP contribution in [0.25, 0.3) is 0 Å². The third-order valence-electron chi connectivity index (χ3n) is 9.19. The van der Waals surface area contributed by atoms with Crippen LogP contribution in [-0.4, -0.2) is 41.7 Å². The number of nitrogens with one attached hydrogen (secondary N) is 1. The Morgan fingerprint density at radius 3 is 1.60 bits per heavy atom. The molecule has 0 heterocycles. The number of hydrogen-bond donors (Lipinski definition) is 2. The number of carbonyl (C=O) groups is 4. The highest BCUT2D eigenvalue weighted by molar-refractivity contribution is 6.04. The van der Waals surface area contributed by atoms with Gasteiger partial charge in [-0.25, -0.2) is 10.2 Å². The van der Waals surface area contributed by atoms with Gasteiger partial charge in [-0.2, -0.15) is 0 Å². The summed E-state index contributed by atoms with van der Waals surface area (Å²) < 4.78 is 12.5. The largest absolute Gasteiger partial charge is 0.476 e. The molecule has 2 fully saturated rings. The molecule has 9 heteroatoms. The summed E-state index contributed by atoms with van der Waals surface area (Å²) in [7, 11) is 0. The van der Waals surface area contributed by atoms with Gasteiger partial charge in [-0.15, -0.1) is 5.10 Å². The van der Waals surface area contributed by atoms with Crippen LogP contribution in [0.1, 0.15) is 101 Å². The van der Waals surface area contributed by atoms with E-state index in [0.717, 1.165) is 38.5 Å². The SMILES string of the molecule is CC(=O)[C@@H](C(=O)O[C@@H]1C[C@H](C)CC[C@@H]1C(C)C)[C@H](C)[C@@H](C(C)=O)/C(=N\NC(N)=O)O[C@@H]1C[C@H](C)CC[C@@H]1C(C)C. The molecular weight excluding hydrogens is 510 g/mol. The number of hydrogen-bond acceptors (Lipinski definition) is 7. The topological polar surface area (TPSA) is 137 Å². The molecule has 0 bridgehead atoms. The van der Waals surface area contributed by atoms with Crippen molar-refractivity contribution in [3.05, 3.63) is 0 Å². The summed E-state index contributed by atoms with van der Waals surface area (Å²) in [6.07, 6.45) is 5.10. The lowest BCUT2D eigenvalue weighted by Gasteiger charge is -2.39. The predicted octanol–water partition coefficient (Wildman–Crippen LogP) is 5.50. The second-order valence-corrected chi connectivity index (χ2v) is 13.2. The van der Waals surface area contributed by atoms with Crippen molar-refractivity contribution in [2.75, 3.05) is 0 Å². The zero-order chi connectivity index (χ0) is 30.3. The maximum absolute atomic E-state index is 13.6. The summed E-state index contributed by atoms with van der Waals surface area (Å²) in [5, 5.41) is 4.13. The first-order valence-electron chi connectivity index (χ1n) is 15.1. The number of rotatable bonds is 11. The fourth-order valence-electron chi connectivity index (χ4n) is 6.87. The third kappa shape index (κ3) is 9.03. The van der Waals surface area contributed by atoms with Crippen LogP contribution in [0.2, 0.25) is 0 Å². The Morgan fingerprint density at radius 1 is 0.750 bits per heavy atom. The summed E-state index contributed by atoms with van der Waals surface area (Å²) in [6.45, 7) is 17.2. The molecule has 0 unspecified atom stereocenters. The maximum atomic E-state index is 13.6. The highest BCUT2D eigenvalue weighted by Crippen LogP contribution is 2.38. The second-order valence-electron chi connectivity index (χ2n) is 13.2. The van der Waals surface area contributed by atoms with Gasteiger partial charge in [0.2, 0.25) is 5.90 Å². The molecule has 3 N–H and O–H groups in total. The van der Waals surface area contributed by atoms with Gasteiger partial charge in [0.05, 0.1) is 5.92 Å². The molecule has 2 amide bonds. The van der Waals surface area contributed by atoms with Gasteiger partial charge in [0, 0.05) is 0 Å². The van der Waals surface area contributed by atoms with Gasteiger partial charge in [0.25, 0.3) is 0 Å². The Balaban J connectivity index is 2.41. The molecule has 228 valence electrons. The van der Waals surface area contributed by atoms with Crippen LogP contribution in [0.5, 0.6) is 0 Å². The molecule has 0 aliphatic heterocycles. The zero-order valence-corrected chi connectivity index (χ0v) is 26.1. The predicted molar refractivity (Wildman–Crippen MR) is 155 cm³/mol. The van der Waals surface area contributed by atoms with Gasteiger partial charge in [-0.3, -0.25) is 14.4 Å². The first kappa shape index (κ1) is 33.8. The van der Waals surface area contributed by atoms with E-state index in [2.05, 4.69) is 52.1 Å². The van der Waals surface area contributed by atoms with Gasteiger partial charge >= 0.3 is 12.0 Å². The zero-order valence-electron chi connectivity index (χ0n) is 26.1. The van der Waals surface area contributed by atoms with Gasteiger partial charge in [-0.1, -0.05) is 61.3 Å². The average molecular weight is 564 g/mol. The smallest absolute Gasteiger partial charge is 0.332 e. The van der Waals surface area contributed by atoms with E-state index in [9.17, 15) is 19.2 Å². The Labute approximate surface area is 240 Å². The quantitative estimate of drug-likeness (QED) is 0.112. The number of amides is 2. The van der Waals surface area contributed by atoms with E-state index in [0.29, 0.717) is 23.7 Å². The number of ether oxygens (including phenoxy) is 2. The number of esters is 1. The second kappa shape index (κ2) is 15.0. The molecule has 0 spiro atoms. The molecule has 2 saturated carbocycles. The molecule has 0 aromatic rings. The molecule has 0 aromatic heterocycles. The number of primary amides is 1. The van der Waals surface area contributed by atoms with Crippen molar-refractivity contribution in [3.8, 4) is 0 Å². The van der Waals surface area contributed by atoms with E-state index >= 15 is 0 Å². The van der Waals surface area contributed by atoms with E-state index in [4.69, 9.17) is 15.2 Å². The average Bonchev–Trinajstić information content (AvgIpc) is 2.81. The van der Waals surface area contributed by atoms with Gasteiger partial charge in [-0.05, 0) is 81.0 Å². The van der Waals surface area contributed by atoms with Crippen molar-refractivity contribution in [2.24, 2.45) is 64.1 Å². The molecule has 0 saturated heterocycles. The number of nitrogens with two attached hydrogens (primary N) is 1. The Morgan fingerprint density at radius 2 is 1.20 bits per heavy atom. The third-order valence-corrected chi connectivity index (χ3v) is 9.19. The summed E-state index contributed by atoms with van der Waals surface area (Å²) in [5.41, 5.74) is 7.52. The van der Waals surface area contributed by atoms with Crippen LogP contribution in [0, 0.1) is 53.3 Å². The molecule has 40 heavy (non-hydrogen) atoms. The standard InChI is InChI=1S/C31H53N3O6/c1-16(2)23-12-10-18(5)14-25(23)39-29(33-34-31(32)38)27(21(8)35)20(7)28(22(9)36)30(37)40-26-15-19(6)11-13-24(26)17(3)4/h16-20,23-28H,10-15H2,1-9H3,(H3,32,34,38)/b33-29+/t18-,19-,20-,23-,24-,25-,26-,27+,28+/m1/s1. The Kier molecular flexibility index (Phi) is 12.6. The van der Waals surface area contributed by atoms with E-state index in [1.165, 1.54) is 13.8 Å². The molecule has 0 aromatic carbocycles. The summed E-state index contributed by atoms with van der Waals surface area (Å²) in [5.74, 6) is -2.44. The number of urea groups is 1. The molecule has 2 aliphatic rings. The van der Waals surface area contributed by atoms with Crippen LogP contribution in [0.3, 0.4) is 0 Å². The fourth-order valence-corrected chi connectivity index (χ4v) is 6.87. The molecular formula is C31H53N3O6. The summed E-state index contributed by atoms with van der Waals surface area (Å²) >= 11 is 0. The minimum absolute atomic E-state index is 0.0195.